The standard InChI is InChI=1S/C13H13F3N4/c14-13(15,16)10-1-4-12(18-7-10)20-8-9(6-19-20)5-17-11-2-3-11/h1,4,6-8,11,17H,2-3,5H2. The monoisotopic (exact) mass is 282 g/mol. The molecule has 0 atom stereocenters. The largest absolute Gasteiger partial charge is 0.417 e. The normalized spacial score (nSPS) is 15.6. The first kappa shape index (κ1) is 13.1. The first-order valence-electron chi connectivity index (χ1n) is 6.33. The van der Waals surface area contributed by atoms with Crippen LogP contribution in [0, 0.1) is 0 Å². The lowest BCUT2D eigenvalue weighted by Crippen LogP contribution is -2.14. The number of hydrogen-bond acceptors (Lipinski definition) is 3. The summed E-state index contributed by atoms with van der Waals surface area (Å²) in [5, 5.41) is 7.45. The maximum Gasteiger partial charge on any atom is 0.417 e. The lowest BCUT2D eigenvalue weighted by molar-refractivity contribution is -0.137. The topological polar surface area (TPSA) is 42.7 Å². The molecule has 0 amide bonds. The molecule has 2 heterocycles. The van der Waals surface area contributed by atoms with Gasteiger partial charge in [0.25, 0.3) is 0 Å². The van der Waals surface area contributed by atoms with Gasteiger partial charge in [-0.15, -0.1) is 0 Å². The smallest absolute Gasteiger partial charge is 0.310 e. The van der Waals surface area contributed by atoms with Crippen molar-refractivity contribution in [3.8, 4) is 5.82 Å². The summed E-state index contributed by atoms with van der Waals surface area (Å²) in [5.74, 6) is 0.371. The van der Waals surface area contributed by atoms with E-state index in [4.69, 9.17) is 0 Å². The van der Waals surface area contributed by atoms with E-state index in [1.807, 2.05) is 0 Å². The second-order valence-corrected chi connectivity index (χ2v) is 4.85. The van der Waals surface area contributed by atoms with Crippen LogP contribution in [-0.2, 0) is 12.7 Å². The van der Waals surface area contributed by atoms with Gasteiger partial charge in [-0.05, 0) is 25.0 Å². The molecule has 1 saturated carbocycles. The molecule has 0 saturated heterocycles. The lowest BCUT2D eigenvalue weighted by Gasteiger charge is -2.06. The van der Waals surface area contributed by atoms with Gasteiger partial charge < -0.3 is 5.32 Å². The summed E-state index contributed by atoms with van der Waals surface area (Å²) >= 11 is 0. The highest BCUT2D eigenvalue weighted by Gasteiger charge is 2.30. The van der Waals surface area contributed by atoms with Crippen molar-refractivity contribution in [2.75, 3.05) is 0 Å². The van der Waals surface area contributed by atoms with Crippen LogP contribution in [0.4, 0.5) is 13.2 Å². The maximum atomic E-state index is 12.4. The van der Waals surface area contributed by atoms with E-state index in [-0.39, 0.29) is 0 Å². The second kappa shape index (κ2) is 4.90. The average molecular weight is 282 g/mol. The van der Waals surface area contributed by atoms with Gasteiger partial charge in [-0.3, -0.25) is 0 Å². The fourth-order valence-corrected chi connectivity index (χ4v) is 1.82. The minimum Gasteiger partial charge on any atom is -0.310 e. The molecule has 0 unspecified atom stereocenters. The van der Waals surface area contributed by atoms with Gasteiger partial charge in [0.2, 0.25) is 0 Å². The molecule has 2 aromatic heterocycles. The first-order valence-corrected chi connectivity index (χ1v) is 6.33. The molecule has 7 heteroatoms. The fourth-order valence-electron chi connectivity index (χ4n) is 1.82. The maximum absolute atomic E-state index is 12.4. The Bertz CT molecular complexity index is 584. The van der Waals surface area contributed by atoms with Crippen molar-refractivity contribution in [1.82, 2.24) is 20.1 Å². The van der Waals surface area contributed by atoms with Crippen molar-refractivity contribution in [3.05, 3.63) is 41.9 Å². The molecule has 2 aromatic rings. The Kier molecular flexibility index (Phi) is 3.21. The van der Waals surface area contributed by atoms with E-state index in [0.29, 0.717) is 18.4 Å². The van der Waals surface area contributed by atoms with Crippen LogP contribution in [0.1, 0.15) is 24.0 Å². The number of nitrogens with zero attached hydrogens (tertiary/aromatic N) is 3. The SMILES string of the molecule is FC(F)(F)c1ccc(-n2cc(CNC3CC3)cn2)nc1. The molecule has 0 aliphatic heterocycles. The van der Waals surface area contributed by atoms with Crippen LogP contribution in [0.5, 0.6) is 0 Å². The van der Waals surface area contributed by atoms with Crippen LogP contribution >= 0.6 is 0 Å². The fraction of sp³-hybridized carbons (Fsp3) is 0.385. The third-order valence-corrected chi connectivity index (χ3v) is 3.12. The van der Waals surface area contributed by atoms with Crippen molar-refractivity contribution < 1.29 is 13.2 Å². The molecule has 0 radical (unpaired) electrons. The predicted octanol–water partition coefficient (Wildman–Crippen LogP) is 2.54. The molecule has 3 rings (SSSR count). The molecule has 0 spiro atoms. The van der Waals surface area contributed by atoms with Gasteiger partial charge in [-0.1, -0.05) is 0 Å². The van der Waals surface area contributed by atoms with E-state index in [2.05, 4.69) is 15.4 Å². The molecule has 106 valence electrons. The summed E-state index contributed by atoms with van der Waals surface area (Å²) in [6.45, 7) is 0.714. The Morgan fingerprint density at radius 1 is 1.25 bits per heavy atom. The highest BCUT2D eigenvalue weighted by atomic mass is 19.4. The van der Waals surface area contributed by atoms with E-state index < -0.39 is 11.7 Å². The van der Waals surface area contributed by atoms with E-state index in [0.717, 1.165) is 17.8 Å². The molecular weight excluding hydrogens is 269 g/mol. The van der Waals surface area contributed by atoms with Crippen LogP contribution in [0.3, 0.4) is 0 Å². The Morgan fingerprint density at radius 3 is 2.65 bits per heavy atom. The molecule has 1 N–H and O–H groups in total. The minimum absolute atomic E-state index is 0.371. The number of pyridine rings is 1. The molecule has 0 bridgehead atoms. The van der Waals surface area contributed by atoms with E-state index in [1.54, 1.807) is 12.4 Å². The summed E-state index contributed by atoms with van der Waals surface area (Å²) in [7, 11) is 0. The highest BCUT2D eigenvalue weighted by molar-refractivity contribution is 5.27. The molecule has 1 aliphatic carbocycles. The van der Waals surface area contributed by atoms with Gasteiger partial charge in [-0.25, -0.2) is 9.67 Å². The van der Waals surface area contributed by atoms with Gasteiger partial charge >= 0.3 is 6.18 Å². The lowest BCUT2D eigenvalue weighted by atomic mass is 10.3. The Labute approximate surface area is 113 Å². The number of rotatable bonds is 4. The van der Waals surface area contributed by atoms with Crippen LogP contribution in [-0.4, -0.2) is 20.8 Å². The highest BCUT2D eigenvalue weighted by Crippen LogP contribution is 2.28. The Balaban J connectivity index is 1.71. The van der Waals surface area contributed by atoms with Gasteiger partial charge in [0.05, 0.1) is 11.8 Å². The zero-order valence-corrected chi connectivity index (χ0v) is 10.6. The van der Waals surface area contributed by atoms with Crippen molar-refractivity contribution >= 4 is 0 Å². The van der Waals surface area contributed by atoms with E-state index in [9.17, 15) is 13.2 Å². The van der Waals surface area contributed by atoms with Crippen LogP contribution in [0.25, 0.3) is 5.82 Å². The summed E-state index contributed by atoms with van der Waals surface area (Å²) < 4.78 is 38.8. The number of halogens is 3. The molecule has 0 aromatic carbocycles. The van der Waals surface area contributed by atoms with Gasteiger partial charge in [-0.2, -0.15) is 18.3 Å². The van der Waals surface area contributed by atoms with Crippen molar-refractivity contribution in [1.29, 1.82) is 0 Å². The third kappa shape index (κ3) is 2.98. The number of nitrogens with one attached hydrogen (secondary N) is 1. The quantitative estimate of drug-likeness (QED) is 0.937. The van der Waals surface area contributed by atoms with Crippen molar-refractivity contribution in [2.45, 2.75) is 31.6 Å². The number of hydrogen-bond donors (Lipinski definition) is 1. The van der Waals surface area contributed by atoms with Crippen molar-refractivity contribution in [3.63, 3.8) is 0 Å². The minimum atomic E-state index is -4.37. The summed E-state index contributed by atoms with van der Waals surface area (Å²) in [6, 6.07) is 2.92. The zero-order chi connectivity index (χ0) is 14.2. The number of alkyl halides is 3. The second-order valence-electron chi connectivity index (χ2n) is 4.85. The van der Waals surface area contributed by atoms with Gasteiger partial charge in [0.15, 0.2) is 5.82 Å². The predicted molar refractivity (Wildman–Crippen MR) is 66.2 cm³/mol. The van der Waals surface area contributed by atoms with Crippen LogP contribution < -0.4 is 5.32 Å². The molecule has 1 fully saturated rings. The Morgan fingerprint density at radius 2 is 2.05 bits per heavy atom. The summed E-state index contributed by atoms with van der Waals surface area (Å²) in [6.07, 6.45) is 2.32. The number of aromatic nitrogens is 3. The zero-order valence-electron chi connectivity index (χ0n) is 10.6. The Hall–Kier alpha value is -1.89. The third-order valence-electron chi connectivity index (χ3n) is 3.12. The van der Waals surface area contributed by atoms with E-state index >= 15 is 0 Å². The molecular formula is C13H13F3N4. The van der Waals surface area contributed by atoms with Crippen LogP contribution in [0.15, 0.2) is 30.7 Å². The molecule has 20 heavy (non-hydrogen) atoms. The van der Waals surface area contributed by atoms with Gasteiger partial charge in [0, 0.05) is 30.5 Å². The van der Waals surface area contributed by atoms with Gasteiger partial charge in [0.1, 0.15) is 0 Å². The van der Waals surface area contributed by atoms with Crippen molar-refractivity contribution in [2.24, 2.45) is 0 Å². The average Bonchev–Trinajstić information content (AvgIpc) is 3.13. The first-order chi connectivity index (χ1) is 9.52. The summed E-state index contributed by atoms with van der Waals surface area (Å²) in [4.78, 5) is 3.80. The molecule has 1 aliphatic rings. The molecule has 4 nitrogen and oxygen atoms in total. The van der Waals surface area contributed by atoms with E-state index in [1.165, 1.54) is 23.6 Å². The summed E-state index contributed by atoms with van der Waals surface area (Å²) in [5.41, 5.74) is 0.225. The van der Waals surface area contributed by atoms with Crippen LogP contribution in [0.2, 0.25) is 0 Å².